The first-order valence-electron chi connectivity index (χ1n) is 8.34. The van der Waals surface area contributed by atoms with Crippen LogP contribution in [0.25, 0.3) is 6.08 Å². The largest absolute Gasteiger partial charge is 0.573 e. The highest BCUT2D eigenvalue weighted by atomic mass is 32.2. The summed E-state index contributed by atoms with van der Waals surface area (Å²) in [6.07, 6.45) is -3.18. The number of nitrogens with zero attached hydrogens (tertiary/aromatic N) is 1. The van der Waals surface area contributed by atoms with Crippen LogP contribution in [0.2, 0.25) is 0 Å². The minimum absolute atomic E-state index is 0.166. The summed E-state index contributed by atoms with van der Waals surface area (Å²) in [7, 11) is 0. The molecule has 3 N–H and O–H groups in total. The molecular weight excluding hydrogens is 423 g/mol. The average molecular weight is 437 g/mol. The maximum absolute atomic E-state index is 12.4. The van der Waals surface area contributed by atoms with E-state index in [1.165, 1.54) is 12.1 Å². The number of carbonyl (C=O) groups excluding carboxylic acids is 2. The Labute approximate surface area is 172 Å². The molecule has 2 aromatic rings. The van der Waals surface area contributed by atoms with Crippen molar-refractivity contribution in [3.05, 3.63) is 59.0 Å². The number of halogens is 3. The van der Waals surface area contributed by atoms with Gasteiger partial charge in [-0.2, -0.15) is 0 Å². The average Bonchev–Trinajstić information content (AvgIpc) is 2.98. The molecule has 11 heteroatoms. The van der Waals surface area contributed by atoms with E-state index in [0.717, 1.165) is 23.9 Å². The molecule has 7 nitrogen and oxygen atoms in total. The third-order valence-corrected chi connectivity index (χ3v) is 4.30. The standard InChI is InChI=1S/C19H14F3N3O4S/c20-19(21,22)29-14-6-2-4-12(9-14)24-17-15(30-18(27)25-17)8-11-3-1-5-13(7-11)28-10-16(23)26/h1-9H,10H2,(H2,23,26)(H,24,25,27)/b15-8+. The molecule has 0 unspecified atom stereocenters. The van der Waals surface area contributed by atoms with Crippen LogP contribution < -0.4 is 20.5 Å². The second-order valence-electron chi connectivity index (χ2n) is 5.86. The van der Waals surface area contributed by atoms with Crippen molar-refractivity contribution in [3.63, 3.8) is 0 Å². The van der Waals surface area contributed by atoms with E-state index in [1.54, 1.807) is 30.3 Å². The normalized spacial score (nSPS) is 16.6. The van der Waals surface area contributed by atoms with Crippen LogP contribution in [0, 0.1) is 0 Å². The number of primary amides is 1. The number of benzene rings is 2. The summed E-state index contributed by atoms with van der Waals surface area (Å²) >= 11 is 0.880. The van der Waals surface area contributed by atoms with Crippen LogP contribution in [0.1, 0.15) is 5.56 Å². The van der Waals surface area contributed by atoms with Gasteiger partial charge < -0.3 is 20.5 Å². The fraction of sp³-hybridized carbons (Fsp3) is 0.105. The smallest absolute Gasteiger partial charge is 0.484 e. The topological polar surface area (TPSA) is 103 Å². The number of amides is 2. The molecule has 1 fully saturated rings. The van der Waals surface area contributed by atoms with E-state index in [9.17, 15) is 22.8 Å². The highest BCUT2D eigenvalue weighted by Crippen LogP contribution is 2.31. The van der Waals surface area contributed by atoms with E-state index in [1.807, 2.05) is 0 Å². The molecule has 0 spiro atoms. The zero-order chi connectivity index (χ0) is 21.7. The molecule has 2 amide bonds. The van der Waals surface area contributed by atoms with Crippen molar-refractivity contribution in [2.24, 2.45) is 10.7 Å². The molecule has 0 atom stereocenters. The Bertz CT molecular complexity index is 1040. The number of alkyl halides is 3. The number of carbonyl (C=O) groups is 2. The molecular formula is C19H14F3N3O4S. The molecule has 1 aliphatic rings. The number of nitrogens with one attached hydrogen (secondary N) is 1. The summed E-state index contributed by atoms with van der Waals surface area (Å²) in [5, 5.41) is 2.16. The monoisotopic (exact) mass is 437 g/mol. The maximum atomic E-state index is 12.4. The molecule has 1 aliphatic heterocycles. The summed E-state index contributed by atoms with van der Waals surface area (Å²) < 4.78 is 46.3. The highest BCUT2D eigenvalue weighted by Gasteiger charge is 2.31. The summed E-state index contributed by atoms with van der Waals surface area (Å²) in [5.41, 5.74) is 5.87. The van der Waals surface area contributed by atoms with Gasteiger partial charge in [-0.1, -0.05) is 18.2 Å². The van der Waals surface area contributed by atoms with E-state index in [4.69, 9.17) is 10.5 Å². The lowest BCUT2D eigenvalue weighted by Crippen LogP contribution is -2.20. The molecule has 0 radical (unpaired) electrons. The predicted octanol–water partition coefficient (Wildman–Crippen LogP) is 3.98. The van der Waals surface area contributed by atoms with Gasteiger partial charge in [-0.25, -0.2) is 4.99 Å². The van der Waals surface area contributed by atoms with Gasteiger partial charge in [0.25, 0.3) is 11.1 Å². The lowest BCUT2D eigenvalue weighted by atomic mass is 10.2. The van der Waals surface area contributed by atoms with Crippen molar-refractivity contribution >= 4 is 40.5 Å². The molecule has 156 valence electrons. The van der Waals surface area contributed by atoms with Gasteiger partial charge in [-0.15, -0.1) is 13.2 Å². The molecule has 0 bridgehead atoms. The van der Waals surface area contributed by atoms with Gasteiger partial charge in [0.2, 0.25) is 0 Å². The second-order valence-corrected chi connectivity index (χ2v) is 6.87. The Morgan fingerprint density at radius 2 is 1.90 bits per heavy atom. The van der Waals surface area contributed by atoms with Crippen molar-refractivity contribution in [1.82, 2.24) is 5.32 Å². The van der Waals surface area contributed by atoms with Crippen LogP contribution in [-0.2, 0) is 4.79 Å². The van der Waals surface area contributed by atoms with Crippen molar-refractivity contribution in [2.45, 2.75) is 6.36 Å². The number of thioether (sulfide) groups is 1. The summed E-state index contributed by atoms with van der Waals surface area (Å²) in [6.45, 7) is -0.280. The van der Waals surface area contributed by atoms with Gasteiger partial charge in [0.05, 0.1) is 10.6 Å². The molecule has 2 aromatic carbocycles. The molecule has 1 heterocycles. The zero-order valence-electron chi connectivity index (χ0n) is 15.1. The number of amidine groups is 1. The summed E-state index contributed by atoms with van der Waals surface area (Å²) in [4.78, 5) is 27.3. The Morgan fingerprint density at radius 3 is 2.63 bits per heavy atom. The summed E-state index contributed by atoms with van der Waals surface area (Å²) in [6, 6.07) is 11.8. The lowest BCUT2D eigenvalue weighted by Gasteiger charge is -2.09. The predicted molar refractivity (Wildman–Crippen MR) is 105 cm³/mol. The Morgan fingerprint density at radius 1 is 1.17 bits per heavy atom. The maximum Gasteiger partial charge on any atom is 0.573 e. The number of rotatable bonds is 6. The second kappa shape index (κ2) is 8.91. The van der Waals surface area contributed by atoms with Gasteiger partial charge >= 0.3 is 6.36 Å². The van der Waals surface area contributed by atoms with Crippen LogP contribution in [0.15, 0.2) is 58.4 Å². The van der Waals surface area contributed by atoms with Crippen LogP contribution in [-0.4, -0.2) is 30.0 Å². The number of ether oxygens (including phenoxy) is 2. The third kappa shape index (κ3) is 6.27. The van der Waals surface area contributed by atoms with Crippen molar-refractivity contribution in [3.8, 4) is 11.5 Å². The molecule has 0 aliphatic carbocycles. The number of hydrogen-bond acceptors (Lipinski definition) is 6. The van der Waals surface area contributed by atoms with E-state index >= 15 is 0 Å². The third-order valence-electron chi connectivity index (χ3n) is 3.49. The zero-order valence-corrected chi connectivity index (χ0v) is 15.9. The van der Waals surface area contributed by atoms with Gasteiger partial charge in [0.1, 0.15) is 17.3 Å². The van der Waals surface area contributed by atoms with Gasteiger partial charge in [-0.3, -0.25) is 9.59 Å². The molecule has 30 heavy (non-hydrogen) atoms. The first kappa shape index (κ1) is 21.2. The fourth-order valence-electron chi connectivity index (χ4n) is 2.39. The lowest BCUT2D eigenvalue weighted by molar-refractivity contribution is -0.274. The van der Waals surface area contributed by atoms with Crippen LogP contribution in [0.3, 0.4) is 0 Å². The highest BCUT2D eigenvalue weighted by molar-refractivity contribution is 8.18. The minimum atomic E-state index is -4.82. The van der Waals surface area contributed by atoms with Gasteiger partial charge in [0, 0.05) is 6.07 Å². The Balaban J connectivity index is 1.85. The SMILES string of the molecule is NC(=O)COc1cccc(/C=C2/SC(=O)NC2=Nc2cccc(OC(F)(F)F)c2)c1. The Hall–Kier alpha value is -3.47. The Kier molecular flexibility index (Phi) is 6.31. The first-order valence-corrected chi connectivity index (χ1v) is 9.16. The van der Waals surface area contributed by atoms with Crippen molar-refractivity contribution < 1.29 is 32.2 Å². The quantitative estimate of drug-likeness (QED) is 0.712. The van der Waals surface area contributed by atoms with E-state index in [2.05, 4.69) is 15.0 Å². The minimum Gasteiger partial charge on any atom is -0.484 e. The number of aliphatic imine (C=N–C) groups is 1. The van der Waals surface area contributed by atoms with Crippen molar-refractivity contribution in [1.29, 1.82) is 0 Å². The molecule has 0 saturated carbocycles. The first-order chi connectivity index (χ1) is 14.2. The van der Waals surface area contributed by atoms with E-state index < -0.39 is 18.0 Å². The van der Waals surface area contributed by atoms with Gasteiger partial charge in [0.15, 0.2) is 6.61 Å². The molecule has 1 saturated heterocycles. The van der Waals surface area contributed by atoms with Crippen LogP contribution >= 0.6 is 11.8 Å². The van der Waals surface area contributed by atoms with E-state index in [0.29, 0.717) is 16.2 Å². The molecule has 0 aromatic heterocycles. The molecule has 3 rings (SSSR count). The van der Waals surface area contributed by atoms with Gasteiger partial charge in [-0.05, 0) is 47.7 Å². The van der Waals surface area contributed by atoms with E-state index in [-0.39, 0.29) is 23.4 Å². The number of nitrogens with two attached hydrogens (primary N) is 1. The van der Waals surface area contributed by atoms with Crippen molar-refractivity contribution in [2.75, 3.05) is 6.61 Å². The number of hydrogen-bond donors (Lipinski definition) is 2. The van der Waals surface area contributed by atoms with Crippen LogP contribution in [0.4, 0.5) is 23.7 Å². The summed E-state index contributed by atoms with van der Waals surface area (Å²) in [5.74, 6) is -0.462. The van der Waals surface area contributed by atoms with Crippen LogP contribution in [0.5, 0.6) is 11.5 Å². The fourth-order valence-corrected chi connectivity index (χ4v) is 3.13.